The summed E-state index contributed by atoms with van der Waals surface area (Å²) in [5.74, 6) is 0. The summed E-state index contributed by atoms with van der Waals surface area (Å²) in [6, 6.07) is 87.7. The first-order valence-electron chi connectivity index (χ1n) is 22.9. The molecule has 0 atom stereocenters. The minimum atomic E-state index is -0.572. The highest BCUT2D eigenvalue weighted by Crippen LogP contribution is 2.62. The minimum absolute atomic E-state index is 0.572. The molecule has 1 aliphatic heterocycles. The summed E-state index contributed by atoms with van der Waals surface area (Å²) in [4.78, 5) is 2.50. The van der Waals surface area contributed by atoms with Gasteiger partial charge in [0.1, 0.15) is 0 Å². The molecule has 310 valence electrons. The number of allylic oxidation sites excluding steroid dienone is 1. The van der Waals surface area contributed by atoms with E-state index in [0.29, 0.717) is 0 Å². The van der Waals surface area contributed by atoms with Crippen molar-refractivity contribution in [2.24, 2.45) is 0 Å². The first-order valence-corrected chi connectivity index (χ1v) is 22.9. The Morgan fingerprint density at radius 3 is 1.70 bits per heavy atom. The number of nitrogens with zero attached hydrogens (tertiary/aromatic N) is 2. The van der Waals surface area contributed by atoms with Gasteiger partial charge in [0.15, 0.2) is 0 Å². The third kappa shape index (κ3) is 5.55. The number of hydrogen-bond acceptors (Lipinski definition) is 1. The first kappa shape index (κ1) is 38.0. The van der Waals surface area contributed by atoms with Gasteiger partial charge in [-0.2, -0.15) is 0 Å². The molecule has 0 amide bonds. The van der Waals surface area contributed by atoms with Crippen molar-refractivity contribution in [1.82, 2.24) is 4.57 Å². The van der Waals surface area contributed by atoms with E-state index in [9.17, 15) is 0 Å². The molecule has 0 radical (unpaired) electrons. The molecule has 13 rings (SSSR count). The van der Waals surface area contributed by atoms with E-state index >= 15 is 0 Å². The van der Waals surface area contributed by atoms with Crippen molar-refractivity contribution < 1.29 is 0 Å². The van der Waals surface area contributed by atoms with Crippen LogP contribution in [-0.2, 0) is 5.41 Å². The van der Waals surface area contributed by atoms with Crippen molar-refractivity contribution in [3.63, 3.8) is 0 Å². The summed E-state index contributed by atoms with van der Waals surface area (Å²) in [6.07, 6.45) is 0. The van der Waals surface area contributed by atoms with Crippen LogP contribution in [0.3, 0.4) is 0 Å². The van der Waals surface area contributed by atoms with E-state index in [4.69, 9.17) is 0 Å². The molecule has 2 nitrogen and oxygen atoms in total. The van der Waals surface area contributed by atoms with Crippen LogP contribution in [0.2, 0.25) is 0 Å². The first-order chi connectivity index (χ1) is 32.6. The topological polar surface area (TPSA) is 8.17 Å². The van der Waals surface area contributed by atoms with Gasteiger partial charge < -0.3 is 9.47 Å². The van der Waals surface area contributed by atoms with Gasteiger partial charge in [0, 0.05) is 27.7 Å². The molecule has 0 unspecified atom stereocenters. The third-order valence-electron chi connectivity index (χ3n) is 14.2. The highest BCUT2D eigenvalue weighted by molar-refractivity contribution is 6.14. The van der Waals surface area contributed by atoms with Gasteiger partial charge in [0.05, 0.1) is 27.8 Å². The van der Waals surface area contributed by atoms with Crippen LogP contribution in [0.25, 0.3) is 77.6 Å². The molecule has 0 saturated heterocycles. The molecule has 1 spiro atoms. The molecule has 0 N–H and O–H groups in total. The lowest BCUT2D eigenvalue weighted by Gasteiger charge is -2.40. The average molecular weight is 841 g/mol. The monoisotopic (exact) mass is 840 g/mol. The van der Waals surface area contributed by atoms with Crippen LogP contribution < -0.4 is 4.90 Å². The molecule has 2 aliphatic rings. The lowest BCUT2D eigenvalue weighted by atomic mass is 9.65. The number of rotatable bonds is 7. The fourth-order valence-electron chi connectivity index (χ4n) is 11.3. The van der Waals surface area contributed by atoms with Gasteiger partial charge in [-0.25, -0.2) is 0 Å². The Kier molecular flexibility index (Phi) is 8.53. The molecule has 11 aromatic rings. The molecule has 66 heavy (non-hydrogen) atoms. The molecule has 0 saturated carbocycles. The van der Waals surface area contributed by atoms with Crippen molar-refractivity contribution in [3.8, 4) is 50.2 Å². The summed E-state index contributed by atoms with van der Waals surface area (Å²) in [7, 11) is 0. The second-order valence-corrected chi connectivity index (χ2v) is 17.8. The summed E-state index contributed by atoms with van der Waals surface area (Å²) in [6.45, 7) is 6.23. The number of fused-ring (bicyclic) bond motifs is 12. The number of aromatic nitrogens is 1. The number of benzene rings is 10. The quantitative estimate of drug-likeness (QED) is 0.155. The maximum absolute atomic E-state index is 4.17. The molecule has 2 heteroatoms. The van der Waals surface area contributed by atoms with E-state index < -0.39 is 5.41 Å². The largest absolute Gasteiger partial charge is 0.310 e. The zero-order valence-electron chi connectivity index (χ0n) is 36.6. The molecular formula is C64H44N2. The minimum Gasteiger partial charge on any atom is -0.310 e. The summed E-state index contributed by atoms with van der Waals surface area (Å²) < 4.78 is 2.54. The number of anilines is 3. The Balaban J connectivity index is 1.11. The summed E-state index contributed by atoms with van der Waals surface area (Å²) in [5, 5.41) is 2.47. The Labute approximate surface area is 385 Å². The van der Waals surface area contributed by atoms with Crippen LogP contribution in [0.1, 0.15) is 34.7 Å². The van der Waals surface area contributed by atoms with Crippen LogP contribution in [0.15, 0.2) is 243 Å². The maximum atomic E-state index is 4.17. The zero-order chi connectivity index (χ0) is 43.9. The molecule has 2 heterocycles. The predicted octanol–water partition coefficient (Wildman–Crippen LogP) is 17.0. The van der Waals surface area contributed by atoms with E-state index in [-0.39, 0.29) is 0 Å². The van der Waals surface area contributed by atoms with E-state index in [0.717, 1.165) is 39.3 Å². The van der Waals surface area contributed by atoms with E-state index in [1.807, 2.05) is 0 Å². The van der Waals surface area contributed by atoms with Crippen molar-refractivity contribution in [3.05, 3.63) is 271 Å². The second-order valence-electron chi connectivity index (χ2n) is 17.8. The molecule has 0 fully saturated rings. The SMILES string of the molecule is C=C(C)c1ccc(-c2ccc(N(c3cc4c5c(c3)c3ccccc3n5-c3ccccc3C43c4ccccc4-c4ccccc43)c3ccccc3-c3cccc(-c4ccccc4)c3)cc2)cc1. The Morgan fingerprint density at radius 1 is 0.409 bits per heavy atom. The fourth-order valence-corrected chi connectivity index (χ4v) is 11.3. The molecule has 1 aliphatic carbocycles. The van der Waals surface area contributed by atoms with Crippen molar-refractivity contribution in [2.45, 2.75) is 12.3 Å². The third-order valence-corrected chi connectivity index (χ3v) is 14.2. The van der Waals surface area contributed by atoms with Gasteiger partial charge in [-0.15, -0.1) is 0 Å². The van der Waals surface area contributed by atoms with Gasteiger partial charge >= 0.3 is 0 Å². The predicted molar refractivity (Wildman–Crippen MR) is 277 cm³/mol. The molecular weight excluding hydrogens is 797 g/mol. The number of para-hydroxylation sites is 3. The highest BCUT2D eigenvalue weighted by Gasteiger charge is 2.51. The maximum Gasteiger partial charge on any atom is 0.0755 e. The normalized spacial score (nSPS) is 12.8. The van der Waals surface area contributed by atoms with Crippen LogP contribution in [0.5, 0.6) is 0 Å². The fraction of sp³-hybridized carbons (Fsp3) is 0.0312. The lowest BCUT2D eigenvalue weighted by Crippen LogP contribution is -2.33. The smallest absolute Gasteiger partial charge is 0.0755 e. The Bertz CT molecular complexity index is 3680. The van der Waals surface area contributed by atoms with Crippen LogP contribution >= 0.6 is 0 Å². The average Bonchev–Trinajstić information content (AvgIpc) is 3.87. The molecule has 10 aromatic carbocycles. The standard InChI is InChI=1S/C64H44N2/c1-42(2)43-31-33-45(34-32-43)46-35-37-49(38-36-46)65(60-28-13-8-21-51(60)48-20-16-19-47(39-48)44-17-4-3-5-18-44)50-40-55-54-24-9-14-29-61(54)66-62-30-15-12-27-58(62)64(59(41-50)63(55)66)56-25-10-6-22-52(56)53-23-7-11-26-57(53)64/h3-41H,1H2,2H3. The molecule has 0 bridgehead atoms. The molecule has 1 aromatic heterocycles. The summed E-state index contributed by atoms with van der Waals surface area (Å²) >= 11 is 0. The van der Waals surface area contributed by atoms with Gasteiger partial charge in [-0.3, -0.25) is 0 Å². The van der Waals surface area contributed by atoms with Gasteiger partial charge in [0.25, 0.3) is 0 Å². The van der Waals surface area contributed by atoms with E-state index in [2.05, 4.69) is 260 Å². The van der Waals surface area contributed by atoms with E-state index in [1.165, 1.54) is 83.1 Å². The van der Waals surface area contributed by atoms with Crippen LogP contribution in [-0.4, -0.2) is 4.57 Å². The Hall–Kier alpha value is -8.46. The van der Waals surface area contributed by atoms with Crippen molar-refractivity contribution in [2.75, 3.05) is 4.90 Å². The Morgan fingerprint density at radius 2 is 0.970 bits per heavy atom. The lowest BCUT2D eigenvalue weighted by molar-refractivity contribution is 0.748. The van der Waals surface area contributed by atoms with E-state index in [1.54, 1.807) is 0 Å². The summed E-state index contributed by atoms with van der Waals surface area (Å²) in [5.41, 5.74) is 23.5. The van der Waals surface area contributed by atoms with Gasteiger partial charge in [-0.05, 0) is 122 Å². The highest BCUT2D eigenvalue weighted by atomic mass is 15.1. The van der Waals surface area contributed by atoms with Crippen molar-refractivity contribution >= 4 is 44.4 Å². The van der Waals surface area contributed by atoms with Gasteiger partial charge in [0.2, 0.25) is 0 Å². The van der Waals surface area contributed by atoms with Gasteiger partial charge in [-0.1, -0.05) is 200 Å². The van der Waals surface area contributed by atoms with Crippen molar-refractivity contribution in [1.29, 1.82) is 0 Å². The van der Waals surface area contributed by atoms with Crippen LogP contribution in [0, 0.1) is 0 Å². The second kappa shape index (κ2) is 14.8. The zero-order valence-corrected chi connectivity index (χ0v) is 36.6. The number of hydrogen-bond donors (Lipinski definition) is 0. The van der Waals surface area contributed by atoms with Crippen LogP contribution in [0.4, 0.5) is 17.1 Å².